The van der Waals surface area contributed by atoms with Crippen LogP contribution < -0.4 is 5.32 Å². The van der Waals surface area contributed by atoms with Crippen LogP contribution in [0.4, 0.5) is 8.78 Å². The number of hydrogen-bond donors (Lipinski definition) is 1. The molecule has 1 unspecified atom stereocenters. The lowest BCUT2D eigenvalue weighted by atomic mass is 9.99. The number of hydrogen-bond acceptors (Lipinski definition) is 2. The fraction of sp³-hybridized carbons (Fsp3) is 1.00. The van der Waals surface area contributed by atoms with Crippen molar-refractivity contribution in [1.29, 1.82) is 0 Å². The van der Waals surface area contributed by atoms with Gasteiger partial charge in [-0.1, -0.05) is 19.8 Å². The zero-order chi connectivity index (χ0) is 11.8. The first-order chi connectivity index (χ1) is 7.74. The van der Waals surface area contributed by atoms with Gasteiger partial charge in [0.05, 0.1) is 6.61 Å². The molecule has 16 heavy (non-hydrogen) atoms. The van der Waals surface area contributed by atoms with E-state index in [1.54, 1.807) is 0 Å². The van der Waals surface area contributed by atoms with E-state index in [0.717, 1.165) is 13.0 Å². The summed E-state index contributed by atoms with van der Waals surface area (Å²) in [6.45, 7) is 3.05. The second-order valence-electron chi connectivity index (χ2n) is 4.53. The molecular formula is C12H23F2NO. The maximum absolute atomic E-state index is 12.0. The van der Waals surface area contributed by atoms with Gasteiger partial charge in [0, 0.05) is 6.04 Å². The summed E-state index contributed by atoms with van der Waals surface area (Å²) < 4.78 is 29.0. The van der Waals surface area contributed by atoms with Crippen LogP contribution in [0.25, 0.3) is 0 Å². The molecule has 0 spiro atoms. The summed E-state index contributed by atoms with van der Waals surface area (Å²) in [4.78, 5) is 0. The van der Waals surface area contributed by atoms with E-state index in [-0.39, 0.29) is 6.04 Å². The van der Waals surface area contributed by atoms with E-state index in [1.807, 2.05) is 0 Å². The lowest BCUT2D eigenvalue weighted by Crippen LogP contribution is -2.40. The molecule has 1 fully saturated rings. The molecule has 4 heteroatoms. The molecule has 0 radical (unpaired) electrons. The van der Waals surface area contributed by atoms with Crippen molar-refractivity contribution in [2.45, 2.75) is 51.5 Å². The average Bonchev–Trinajstić information content (AvgIpc) is 2.75. The molecule has 96 valence electrons. The highest BCUT2D eigenvalue weighted by atomic mass is 19.3. The molecule has 0 aliphatic heterocycles. The van der Waals surface area contributed by atoms with Crippen molar-refractivity contribution < 1.29 is 13.5 Å². The molecular weight excluding hydrogens is 212 g/mol. The lowest BCUT2D eigenvalue weighted by molar-refractivity contribution is 0.00363. The first kappa shape index (κ1) is 13.8. The molecule has 2 nitrogen and oxygen atoms in total. The van der Waals surface area contributed by atoms with Crippen molar-refractivity contribution in [1.82, 2.24) is 5.32 Å². The van der Waals surface area contributed by atoms with Crippen molar-refractivity contribution >= 4 is 0 Å². The van der Waals surface area contributed by atoms with E-state index in [4.69, 9.17) is 4.74 Å². The number of halogens is 2. The topological polar surface area (TPSA) is 21.3 Å². The monoisotopic (exact) mass is 235 g/mol. The zero-order valence-corrected chi connectivity index (χ0v) is 10.1. The second-order valence-corrected chi connectivity index (χ2v) is 4.53. The van der Waals surface area contributed by atoms with Crippen LogP contribution in [-0.4, -0.2) is 32.2 Å². The smallest absolute Gasteiger partial charge is 0.261 e. The van der Waals surface area contributed by atoms with E-state index < -0.39 is 13.0 Å². The molecule has 1 rings (SSSR count). The fourth-order valence-corrected chi connectivity index (χ4v) is 2.34. The predicted octanol–water partition coefficient (Wildman–Crippen LogP) is 2.83. The van der Waals surface area contributed by atoms with Gasteiger partial charge >= 0.3 is 0 Å². The van der Waals surface area contributed by atoms with Crippen LogP contribution >= 0.6 is 0 Å². The third-order valence-electron chi connectivity index (χ3n) is 3.17. The molecule has 0 heterocycles. The summed E-state index contributed by atoms with van der Waals surface area (Å²) in [7, 11) is 0. The number of alkyl halides is 2. The molecule has 1 atom stereocenters. The first-order valence-corrected chi connectivity index (χ1v) is 6.33. The Labute approximate surface area is 96.7 Å². The lowest BCUT2D eigenvalue weighted by Gasteiger charge is -2.24. The van der Waals surface area contributed by atoms with Gasteiger partial charge in [-0.2, -0.15) is 0 Å². The van der Waals surface area contributed by atoms with Crippen molar-refractivity contribution in [3.63, 3.8) is 0 Å². The Kier molecular flexibility index (Phi) is 6.88. The van der Waals surface area contributed by atoms with E-state index in [1.165, 1.54) is 25.7 Å². The summed E-state index contributed by atoms with van der Waals surface area (Å²) >= 11 is 0. The Hall–Kier alpha value is -0.220. The highest BCUT2D eigenvalue weighted by Crippen LogP contribution is 2.27. The maximum Gasteiger partial charge on any atom is 0.261 e. The molecule has 0 amide bonds. The van der Waals surface area contributed by atoms with E-state index in [0.29, 0.717) is 12.5 Å². The second kappa shape index (κ2) is 7.96. The van der Waals surface area contributed by atoms with Crippen LogP contribution in [0, 0.1) is 5.92 Å². The van der Waals surface area contributed by atoms with Gasteiger partial charge in [-0.15, -0.1) is 0 Å². The maximum atomic E-state index is 12.0. The van der Waals surface area contributed by atoms with Crippen LogP contribution in [0.2, 0.25) is 0 Å². The largest absolute Gasteiger partial charge is 0.374 e. The van der Waals surface area contributed by atoms with Gasteiger partial charge in [0.1, 0.15) is 6.61 Å². The minimum atomic E-state index is -2.35. The van der Waals surface area contributed by atoms with Gasteiger partial charge < -0.3 is 10.1 Å². The molecule has 1 aliphatic rings. The Balaban J connectivity index is 2.25. The quantitative estimate of drug-likeness (QED) is 0.698. The van der Waals surface area contributed by atoms with Gasteiger partial charge in [-0.05, 0) is 31.7 Å². The fourth-order valence-electron chi connectivity index (χ4n) is 2.34. The summed E-state index contributed by atoms with van der Waals surface area (Å²) in [6, 6.07) is 0.265. The highest BCUT2D eigenvalue weighted by Gasteiger charge is 2.24. The summed E-state index contributed by atoms with van der Waals surface area (Å²) in [5.41, 5.74) is 0. The summed E-state index contributed by atoms with van der Waals surface area (Å²) in [5, 5.41) is 3.42. The molecule has 0 bridgehead atoms. The third-order valence-corrected chi connectivity index (χ3v) is 3.17. The van der Waals surface area contributed by atoms with Crippen molar-refractivity contribution in [2.24, 2.45) is 5.92 Å². The van der Waals surface area contributed by atoms with Crippen LogP contribution in [0.1, 0.15) is 39.0 Å². The van der Waals surface area contributed by atoms with Crippen LogP contribution in [0.3, 0.4) is 0 Å². The van der Waals surface area contributed by atoms with Gasteiger partial charge in [-0.3, -0.25) is 0 Å². The minimum Gasteiger partial charge on any atom is -0.374 e. The first-order valence-electron chi connectivity index (χ1n) is 6.33. The average molecular weight is 235 g/mol. The normalized spacial score (nSPS) is 19.5. The zero-order valence-electron chi connectivity index (χ0n) is 10.1. The van der Waals surface area contributed by atoms with Gasteiger partial charge in [-0.25, -0.2) is 8.78 Å². The molecule has 0 aromatic carbocycles. The SMILES string of the molecule is CCCNC(COCC(F)F)C1CCCC1. The molecule has 1 aliphatic carbocycles. The molecule has 0 aromatic rings. The van der Waals surface area contributed by atoms with Crippen LogP contribution in [0.15, 0.2) is 0 Å². The van der Waals surface area contributed by atoms with Gasteiger partial charge in [0.2, 0.25) is 0 Å². The Morgan fingerprint density at radius 2 is 1.94 bits per heavy atom. The molecule has 1 saturated carbocycles. The minimum absolute atomic E-state index is 0.265. The number of nitrogens with one attached hydrogen (secondary N) is 1. The Morgan fingerprint density at radius 1 is 1.25 bits per heavy atom. The van der Waals surface area contributed by atoms with Crippen molar-refractivity contribution in [2.75, 3.05) is 19.8 Å². The molecule has 0 aromatic heterocycles. The predicted molar refractivity (Wildman–Crippen MR) is 60.9 cm³/mol. The van der Waals surface area contributed by atoms with E-state index in [9.17, 15) is 8.78 Å². The number of ether oxygens (including phenoxy) is 1. The van der Waals surface area contributed by atoms with Crippen molar-refractivity contribution in [3.8, 4) is 0 Å². The number of rotatable bonds is 8. The van der Waals surface area contributed by atoms with Gasteiger partial charge in [0.25, 0.3) is 6.43 Å². The van der Waals surface area contributed by atoms with Crippen LogP contribution in [-0.2, 0) is 4.74 Å². The Bertz CT molecular complexity index is 172. The van der Waals surface area contributed by atoms with Crippen molar-refractivity contribution in [3.05, 3.63) is 0 Å². The van der Waals surface area contributed by atoms with E-state index >= 15 is 0 Å². The third kappa shape index (κ3) is 5.21. The summed E-state index contributed by atoms with van der Waals surface area (Å²) in [6.07, 6.45) is 3.67. The van der Waals surface area contributed by atoms with E-state index in [2.05, 4.69) is 12.2 Å². The molecule has 1 N–H and O–H groups in total. The summed E-state index contributed by atoms with van der Waals surface area (Å²) in [5.74, 6) is 0.615. The van der Waals surface area contributed by atoms with Gasteiger partial charge in [0.15, 0.2) is 0 Å². The highest BCUT2D eigenvalue weighted by molar-refractivity contribution is 4.80. The Morgan fingerprint density at radius 3 is 2.50 bits per heavy atom. The van der Waals surface area contributed by atoms with Crippen LogP contribution in [0.5, 0.6) is 0 Å². The standard InChI is InChI=1S/C12H23F2NO/c1-2-7-15-11(8-16-9-12(13)14)10-5-3-4-6-10/h10-12,15H,2-9H2,1H3. The molecule has 0 saturated heterocycles.